The lowest BCUT2D eigenvalue weighted by Gasteiger charge is -2.35. The number of carbonyl (C=O) groups is 1. The van der Waals surface area contributed by atoms with Gasteiger partial charge >= 0.3 is 0 Å². The fraction of sp³-hybridized carbons (Fsp3) is 0.333. The molecule has 0 aromatic heterocycles. The second kappa shape index (κ2) is 5.21. The molecule has 1 amide bonds. The van der Waals surface area contributed by atoms with Crippen molar-refractivity contribution in [2.75, 3.05) is 18.8 Å². The van der Waals surface area contributed by atoms with Gasteiger partial charge in [-0.05, 0) is 24.3 Å². The maximum absolute atomic E-state index is 11.6. The summed E-state index contributed by atoms with van der Waals surface area (Å²) < 4.78 is 0. The first-order valence-corrected chi connectivity index (χ1v) is 6.26. The van der Waals surface area contributed by atoms with Crippen LogP contribution in [0.3, 0.4) is 0 Å². The highest BCUT2D eigenvalue weighted by atomic mass is 32.2. The van der Waals surface area contributed by atoms with Crippen molar-refractivity contribution in [1.82, 2.24) is 4.90 Å². The predicted octanol–water partition coefficient (Wildman–Crippen LogP) is 0.853. The molecule has 1 N–H and O–H groups in total. The van der Waals surface area contributed by atoms with Crippen LogP contribution in [0.5, 0.6) is 0 Å². The number of aliphatic hydroxyl groups excluding tert-OH is 1. The molecule has 1 fully saturated rings. The standard InChI is InChI=1S/C12H12N2O2S/c13-5-9-1-3-11(4-2-9)17-8-12(16)14-6-10(15)7-14/h1-4,10,15H,6-8H2. The molecule has 0 spiro atoms. The average molecular weight is 248 g/mol. The summed E-state index contributed by atoms with van der Waals surface area (Å²) in [5, 5.41) is 17.7. The smallest absolute Gasteiger partial charge is 0.233 e. The highest BCUT2D eigenvalue weighted by Gasteiger charge is 2.28. The summed E-state index contributed by atoms with van der Waals surface area (Å²) in [6.07, 6.45) is -0.348. The minimum atomic E-state index is -0.348. The van der Waals surface area contributed by atoms with Crippen LogP contribution in [0.25, 0.3) is 0 Å². The van der Waals surface area contributed by atoms with Crippen molar-refractivity contribution in [3.63, 3.8) is 0 Å². The maximum Gasteiger partial charge on any atom is 0.233 e. The Hall–Kier alpha value is -1.51. The van der Waals surface area contributed by atoms with Crippen LogP contribution in [-0.4, -0.2) is 40.9 Å². The minimum Gasteiger partial charge on any atom is -0.389 e. The Balaban J connectivity index is 1.81. The van der Waals surface area contributed by atoms with Crippen LogP contribution in [0, 0.1) is 11.3 Å². The first kappa shape index (κ1) is 12.0. The minimum absolute atomic E-state index is 0.0460. The van der Waals surface area contributed by atoms with Gasteiger partial charge in [0.25, 0.3) is 0 Å². The first-order chi connectivity index (χ1) is 8.19. The molecule has 0 aliphatic carbocycles. The molecule has 0 atom stereocenters. The van der Waals surface area contributed by atoms with E-state index in [1.165, 1.54) is 11.8 Å². The summed E-state index contributed by atoms with van der Waals surface area (Å²) in [5.74, 6) is 0.420. The summed E-state index contributed by atoms with van der Waals surface area (Å²) in [6, 6.07) is 9.19. The highest BCUT2D eigenvalue weighted by molar-refractivity contribution is 8.00. The van der Waals surface area contributed by atoms with Gasteiger partial charge in [-0.25, -0.2) is 0 Å². The van der Waals surface area contributed by atoms with Crippen LogP contribution >= 0.6 is 11.8 Å². The summed E-state index contributed by atoms with van der Waals surface area (Å²) in [7, 11) is 0. The average Bonchev–Trinajstić information content (AvgIpc) is 2.32. The molecule has 2 rings (SSSR count). The normalized spacial score (nSPS) is 15.2. The molecule has 1 aliphatic rings. The largest absolute Gasteiger partial charge is 0.389 e. The summed E-state index contributed by atoms with van der Waals surface area (Å²) in [5.41, 5.74) is 0.617. The molecule has 5 heteroatoms. The number of β-amino-alcohol motifs (C(OH)–C–C–N with tert-alkyl or cyclic N) is 1. The number of hydrogen-bond acceptors (Lipinski definition) is 4. The van der Waals surface area contributed by atoms with Crippen LogP contribution < -0.4 is 0 Å². The van der Waals surface area contributed by atoms with Gasteiger partial charge < -0.3 is 10.0 Å². The summed E-state index contributed by atoms with van der Waals surface area (Å²) in [4.78, 5) is 14.2. The molecule has 0 radical (unpaired) electrons. The SMILES string of the molecule is N#Cc1ccc(SCC(=O)N2CC(O)C2)cc1. The van der Waals surface area contributed by atoms with Gasteiger partial charge in [0.2, 0.25) is 5.91 Å². The molecule has 1 heterocycles. The number of amides is 1. The topological polar surface area (TPSA) is 64.3 Å². The van der Waals surface area contributed by atoms with Gasteiger partial charge in [-0.2, -0.15) is 5.26 Å². The number of rotatable bonds is 3. The van der Waals surface area contributed by atoms with Crippen molar-refractivity contribution in [1.29, 1.82) is 5.26 Å². The Labute approximate surface area is 104 Å². The number of hydrogen-bond donors (Lipinski definition) is 1. The lowest BCUT2D eigenvalue weighted by Crippen LogP contribution is -2.54. The molecule has 0 saturated carbocycles. The quantitative estimate of drug-likeness (QED) is 0.806. The van der Waals surface area contributed by atoms with Gasteiger partial charge in [-0.15, -0.1) is 11.8 Å². The summed E-state index contributed by atoms with van der Waals surface area (Å²) in [6.45, 7) is 0.902. The van der Waals surface area contributed by atoms with Crippen molar-refractivity contribution in [2.45, 2.75) is 11.0 Å². The van der Waals surface area contributed by atoms with Crippen molar-refractivity contribution in [3.8, 4) is 6.07 Å². The third-order valence-corrected chi connectivity index (χ3v) is 3.56. The van der Waals surface area contributed by atoms with E-state index in [1.54, 1.807) is 17.0 Å². The number of aliphatic hydroxyl groups is 1. The predicted molar refractivity (Wildman–Crippen MR) is 64.5 cm³/mol. The fourth-order valence-electron chi connectivity index (χ4n) is 1.52. The lowest BCUT2D eigenvalue weighted by molar-refractivity contribution is -0.138. The molecule has 0 bridgehead atoms. The van der Waals surface area contributed by atoms with E-state index < -0.39 is 0 Å². The van der Waals surface area contributed by atoms with Gasteiger partial charge in [0.1, 0.15) is 0 Å². The van der Waals surface area contributed by atoms with Crippen LogP contribution in [0.2, 0.25) is 0 Å². The van der Waals surface area contributed by atoms with Crippen LogP contribution in [0.1, 0.15) is 5.56 Å². The highest BCUT2D eigenvalue weighted by Crippen LogP contribution is 2.20. The molecule has 0 unspecified atom stereocenters. The zero-order valence-corrected chi connectivity index (χ0v) is 9.98. The maximum atomic E-state index is 11.6. The fourth-order valence-corrected chi connectivity index (χ4v) is 2.32. The Morgan fingerprint density at radius 1 is 1.47 bits per heavy atom. The van der Waals surface area contributed by atoms with Gasteiger partial charge in [0.15, 0.2) is 0 Å². The molecule has 1 aromatic carbocycles. The third-order valence-electron chi connectivity index (χ3n) is 2.56. The molecule has 1 aliphatic heterocycles. The monoisotopic (exact) mass is 248 g/mol. The lowest BCUT2D eigenvalue weighted by atomic mass is 10.2. The molecule has 1 saturated heterocycles. The van der Waals surface area contributed by atoms with E-state index in [0.29, 0.717) is 24.4 Å². The summed E-state index contributed by atoms with van der Waals surface area (Å²) >= 11 is 1.44. The van der Waals surface area contributed by atoms with E-state index >= 15 is 0 Å². The molecular weight excluding hydrogens is 236 g/mol. The van der Waals surface area contributed by atoms with Gasteiger partial charge in [0.05, 0.1) is 23.5 Å². The van der Waals surface area contributed by atoms with E-state index in [0.717, 1.165) is 4.90 Å². The second-order valence-electron chi connectivity index (χ2n) is 3.88. The van der Waals surface area contributed by atoms with Crippen molar-refractivity contribution < 1.29 is 9.90 Å². The van der Waals surface area contributed by atoms with Gasteiger partial charge in [0, 0.05) is 18.0 Å². The number of benzene rings is 1. The Morgan fingerprint density at radius 3 is 2.65 bits per heavy atom. The number of likely N-dealkylation sites (tertiary alicyclic amines) is 1. The zero-order chi connectivity index (χ0) is 12.3. The van der Waals surface area contributed by atoms with E-state index in [4.69, 9.17) is 10.4 Å². The van der Waals surface area contributed by atoms with Crippen LogP contribution in [0.15, 0.2) is 29.2 Å². The Kier molecular flexibility index (Phi) is 3.67. The number of thioether (sulfide) groups is 1. The molecule has 17 heavy (non-hydrogen) atoms. The van der Waals surface area contributed by atoms with Crippen LogP contribution in [0.4, 0.5) is 0 Å². The Morgan fingerprint density at radius 2 is 2.12 bits per heavy atom. The second-order valence-corrected chi connectivity index (χ2v) is 4.93. The van der Waals surface area contributed by atoms with Gasteiger partial charge in [-0.1, -0.05) is 0 Å². The number of carbonyl (C=O) groups excluding carboxylic acids is 1. The first-order valence-electron chi connectivity index (χ1n) is 5.28. The molecular formula is C12H12N2O2S. The van der Waals surface area contributed by atoms with Crippen molar-refractivity contribution >= 4 is 17.7 Å². The van der Waals surface area contributed by atoms with Crippen molar-refractivity contribution in [3.05, 3.63) is 29.8 Å². The molecule has 88 valence electrons. The molecule has 1 aromatic rings. The van der Waals surface area contributed by atoms with E-state index in [-0.39, 0.29) is 12.0 Å². The van der Waals surface area contributed by atoms with Crippen molar-refractivity contribution in [2.24, 2.45) is 0 Å². The van der Waals surface area contributed by atoms with E-state index in [9.17, 15) is 4.79 Å². The van der Waals surface area contributed by atoms with E-state index in [1.807, 2.05) is 18.2 Å². The number of nitrogens with zero attached hydrogens (tertiary/aromatic N) is 2. The van der Waals surface area contributed by atoms with Gasteiger partial charge in [-0.3, -0.25) is 4.79 Å². The Bertz CT molecular complexity index is 447. The zero-order valence-electron chi connectivity index (χ0n) is 9.17. The molecule has 4 nitrogen and oxygen atoms in total. The number of nitriles is 1. The third kappa shape index (κ3) is 2.99. The van der Waals surface area contributed by atoms with E-state index in [2.05, 4.69) is 0 Å². The van der Waals surface area contributed by atoms with Crippen LogP contribution in [-0.2, 0) is 4.79 Å².